The summed E-state index contributed by atoms with van der Waals surface area (Å²) in [7, 11) is 0. The molecule has 0 saturated carbocycles. The normalized spacial score (nSPS) is 17.4. The molecule has 1 aliphatic heterocycles. The summed E-state index contributed by atoms with van der Waals surface area (Å²) in [6.07, 6.45) is 3.45. The van der Waals surface area contributed by atoms with E-state index in [1.807, 2.05) is 65.7 Å². The summed E-state index contributed by atoms with van der Waals surface area (Å²) in [5.74, 6) is 0.953. The van der Waals surface area contributed by atoms with Gasteiger partial charge in [0.15, 0.2) is 0 Å². The number of aromatic nitrogens is 3. The van der Waals surface area contributed by atoms with Gasteiger partial charge in [-0.15, -0.1) is 0 Å². The minimum Gasteiger partial charge on any atom is -0.370 e. The van der Waals surface area contributed by atoms with Crippen molar-refractivity contribution in [2.75, 3.05) is 19.6 Å². The number of ether oxygens (including phenoxy) is 1. The first-order valence-corrected chi connectivity index (χ1v) is 11.2. The van der Waals surface area contributed by atoms with Gasteiger partial charge in [0, 0.05) is 32.0 Å². The van der Waals surface area contributed by atoms with Crippen LogP contribution in [0.4, 0.5) is 0 Å². The maximum atomic E-state index is 13.2. The summed E-state index contributed by atoms with van der Waals surface area (Å²) in [4.78, 5) is 29.5. The van der Waals surface area contributed by atoms with Crippen molar-refractivity contribution in [1.82, 2.24) is 24.8 Å². The van der Waals surface area contributed by atoms with Gasteiger partial charge >= 0.3 is 0 Å². The van der Waals surface area contributed by atoms with E-state index in [9.17, 15) is 4.79 Å². The summed E-state index contributed by atoms with van der Waals surface area (Å²) >= 11 is 0. The molecule has 3 heterocycles. The molecule has 2 aromatic carbocycles. The molecule has 0 spiro atoms. The van der Waals surface area contributed by atoms with Crippen molar-refractivity contribution in [3.05, 3.63) is 96.1 Å². The summed E-state index contributed by atoms with van der Waals surface area (Å²) in [6.45, 7) is 3.12. The van der Waals surface area contributed by atoms with Crippen molar-refractivity contribution < 1.29 is 9.53 Å². The lowest BCUT2D eigenvalue weighted by atomic mass is 10.2. The Morgan fingerprint density at radius 2 is 1.76 bits per heavy atom. The fourth-order valence-electron chi connectivity index (χ4n) is 4.22. The Labute approximate surface area is 193 Å². The van der Waals surface area contributed by atoms with E-state index in [-0.39, 0.29) is 12.0 Å². The number of nitrogens with one attached hydrogen (secondary N) is 1. The first-order valence-electron chi connectivity index (χ1n) is 11.2. The van der Waals surface area contributed by atoms with Crippen LogP contribution in [0.1, 0.15) is 17.0 Å². The van der Waals surface area contributed by atoms with Crippen LogP contribution in [0.2, 0.25) is 0 Å². The average Bonchev–Trinajstić information content (AvgIpc) is 3.19. The summed E-state index contributed by atoms with van der Waals surface area (Å²) in [5.41, 5.74) is 4.07. The Kier molecular flexibility index (Phi) is 6.41. The number of carbonyl (C=O) groups excluding carboxylic acids is 1. The topological polar surface area (TPSA) is 74.3 Å². The molecule has 0 bridgehead atoms. The second-order valence-electron chi connectivity index (χ2n) is 8.42. The van der Waals surface area contributed by atoms with Crippen LogP contribution in [0.3, 0.4) is 0 Å². The van der Waals surface area contributed by atoms with E-state index in [0.717, 1.165) is 28.0 Å². The lowest BCUT2D eigenvalue weighted by molar-refractivity contribution is -0.132. The zero-order valence-electron chi connectivity index (χ0n) is 18.4. The number of para-hydroxylation sites is 2. The van der Waals surface area contributed by atoms with Crippen LogP contribution in [0.25, 0.3) is 11.0 Å². The highest BCUT2D eigenvalue weighted by Crippen LogP contribution is 2.17. The molecule has 5 rings (SSSR count). The zero-order valence-corrected chi connectivity index (χ0v) is 18.4. The molecule has 7 nitrogen and oxygen atoms in total. The quantitative estimate of drug-likeness (QED) is 0.476. The molecule has 1 saturated heterocycles. The smallest absolute Gasteiger partial charge is 0.237 e. The molecule has 0 aliphatic carbocycles. The molecule has 1 aliphatic rings. The van der Waals surface area contributed by atoms with Gasteiger partial charge in [-0.2, -0.15) is 0 Å². The Morgan fingerprint density at radius 1 is 0.939 bits per heavy atom. The standard InChI is InChI=1S/C26H27N5O2/c32-26-18-30(17-25-28-23-10-4-5-11-24(23)29-25)15-22(33-19-21-9-6-12-27-13-21)16-31(26)14-20-7-2-1-3-8-20/h1-13,22H,14-19H2,(H,28,29). The van der Waals surface area contributed by atoms with Crippen molar-refractivity contribution in [3.8, 4) is 0 Å². The third-order valence-electron chi connectivity index (χ3n) is 5.83. The van der Waals surface area contributed by atoms with E-state index < -0.39 is 0 Å². The number of fused-ring (bicyclic) bond motifs is 1. The molecule has 7 heteroatoms. The van der Waals surface area contributed by atoms with Gasteiger partial charge in [-0.25, -0.2) is 4.98 Å². The fraction of sp³-hybridized carbons (Fsp3) is 0.269. The van der Waals surface area contributed by atoms with E-state index in [0.29, 0.717) is 39.3 Å². The van der Waals surface area contributed by atoms with E-state index >= 15 is 0 Å². The summed E-state index contributed by atoms with van der Waals surface area (Å²) in [6, 6.07) is 22.0. The van der Waals surface area contributed by atoms with Gasteiger partial charge in [-0.3, -0.25) is 14.7 Å². The summed E-state index contributed by atoms with van der Waals surface area (Å²) in [5, 5.41) is 0. The van der Waals surface area contributed by atoms with Crippen LogP contribution < -0.4 is 0 Å². The van der Waals surface area contributed by atoms with Crippen LogP contribution in [-0.2, 0) is 29.2 Å². The molecule has 168 valence electrons. The number of aromatic amines is 1. The highest BCUT2D eigenvalue weighted by atomic mass is 16.5. The molecular weight excluding hydrogens is 414 g/mol. The largest absolute Gasteiger partial charge is 0.370 e. The lowest BCUT2D eigenvalue weighted by Crippen LogP contribution is -2.37. The maximum absolute atomic E-state index is 13.2. The molecule has 0 radical (unpaired) electrons. The van der Waals surface area contributed by atoms with Crippen LogP contribution >= 0.6 is 0 Å². The van der Waals surface area contributed by atoms with E-state index in [1.165, 1.54) is 0 Å². The molecule has 1 amide bonds. The predicted octanol–water partition coefficient (Wildman–Crippen LogP) is 3.39. The third kappa shape index (κ3) is 5.45. The highest BCUT2D eigenvalue weighted by molar-refractivity contribution is 5.78. The highest BCUT2D eigenvalue weighted by Gasteiger charge is 2.29. The number of H-pyrrole nitrogens is 1. The van der Waals surface area contributed by atoms with E-state index in [4.69, 9.17) is 9.72 Å². The van der Waals surface area contributed by atoms with Gasteiger partial charge in [-0.1, -0.05) is 48.5 Å². The second-order valence-corrected chi connectivity index (χ2v) is 8.42. The molecule has 1 fully saturated rings. The number of hydrogen-bond acceptors (Lipinski definition) is 5. The van der Waals surface area contributed by atoms with Gasteiger partial charge < -0.3 is 14.6 Å². The Balaban J connectivity index is 1.33. The lowest BCUT2D eigenvalue weighted by Gasteiger charge is -2.25. The molecule has 2 aromatic heterocycles. The van der Waals surface area contributed by atoms with Gasteiger partial charge in [0.2, 0.25) is 5.91 Å². The molecule has 4 aromatic rings. The average molecular weight is 442 g/mol. The van der Waals surface area contributed by atoms with Crippen LogP contribution in [0, 0.1) is 0 Å². The SMILES string of the molecule is O=C1CN(Cc2nc3ccccc3[nH]2)CC(OCc2cccnc2)CN1Cc1ccccc1. The number of nitrogens with zero attached hydrogens (tertiary/aromatic N) is 4. The summed E-state index contributed by atoms with van der Waals surface area (Å²) < 4.78 is 6.29. The van der Waals surface area contributed by atoms with E-state index in [2.05, 4.69) is 27.0 Å². The van der Waals surface area contributed by atoms with Crippen molar-refractivity contribution in [1.29, 1.82) is 0 Å². The monoisotopic (exact) mass is 441 g/mol. The van der Waals surface area contributed by atoms with Crippen molar-refractivity contribution >= 4 is 16.9 Å². The number of carbonyl (C=O) groups is 1. The minimum atomic E-state index is -0.121. The molecular formula is C26H27N5O2. The fourth-order valence-corrected chi connectivity index (χ4v) is 4.22. The zero-order chi connectivity index (χ0) is 22.5. The van der Waals surface area contributed by atoms with Crippen molar-refractivity contribution in [2.45, 2.75) is 25.8 Å². The van der Waals surface area contributed by atoms with Gasteiger partial charge in [-0.05, 0) is 29.3 Å². The Hall–Kier alpha value is -3.55. The number of benzene rings is 2. The van der Waals surface area contributed by atoms with Crippen LogP contribution in [0.15, 0.2) is 79.1 Å². The number of amides is 1. The molecule has 1 unspecified atom stereocenters. The number of pyridine rings is 1. The first kappa shape index (κ1) is 21.3. The van der Waals surface area contributed by atoms with Crippen molar-refractivity contribution in [3.63, 3.8) is 0 Å². The third-order valence-corrected chi connectivity index (χ3v) is 5.83. The Bertz CT molecular complexity index is 1160. The van der Waals surface area contributed by atoms with E-state index in [1.54, 1.807) is 6.20 Å². The van der Waals surface area contributed by atoms with Gasteiger partial charge in [0.25, 0.3) is 0 Å². The van der Waals surface area contributed by atoms with Gasteiger partial charge in [0.1, 0.15) is 5.82 Å². The molecule has 33 heavy (non-hydrogen) atoms. The molecule has 1 N–H and O–H groups in total. The minimum absolute atomic E-state index is 0.0995. The van der Waals surface area contributed by atoms with Crippen molar-refractivity contribution in [2.24, 2.45) is 0 Å². The number of imidazole rings is 1. The Morgan fingerprint density at radius 3 is 2.58 bits per heavy atom. The number of rotatable bonds is 7. The second kappa shape index (κ2) is 9.94. The van der Waals surface area contributed by atoms with Crippen LogP contribution in [-0.4, -0.2) is 56.4 Å². The van der Waals surface area contributed by atoms with Crippen LogP contribution in [0.5, 0.6) is 0 Å². The first-order chi connectivity index (χ1) is 16.2. The number of hydrogen-bond donors (Lipinski definition) is 1. The predicted molar refractivity (Wildman–Crippen MR) is 126 cm³/mol. The maximum Gasteiger partial charge on any atom is 0.237 e. The molecule has 1 atom stereocenters. The van der Waals surface area contributed by atoms with Gasteiger partial charge in [0.05, 0.1) is 36.8 Å².